The van der Waals surface area contributed by atoms with E-state index in [4.69, 9.17) is 0 Å². The zero-order valence-electron chi connectivity index (χ0n) is 17.0. The first-order chi connectivity index (χ1) is 10.5. The Balaban J connectivity index is 0. The minimum atomic E-state index is 0.830. The summed E-state index contributed by atoms with van der Waals surface area (Å²) in [5.74, 6) is 0. The Morgan fingerprint density at radius 2 is 0.864 bits per heavy atom. The molecule has 2 aliphatic heterocycles. The molecule has 2 fully saturated rings. The molecule has 4 heteroatoms. The number of piperidine rings is 1. The van der Waals surface area contributed by atoms with E-state index in [9.17, 15) is 0 Å². The second-order valence-corrected chi connectivity index (χ2v) is 6.10. The van der Waals surface area contributed by atoms with E-state index in [1.54, 1.807) is 0 Å². The predicted octanol–water partition coefficient (Wildman–Crippen LogP) is 2.56. The molecule has 0 saturated carbocycles. The summed E-state index contributed by atoms with van der Waals surface area (Å²) in [7, 11) is 10.9. The van der Waals surface area contributed by atoms with E-state index in [2.05, 4.69) is 54.8 Å². The highest BCUT2D eigenvalue weighted by Gasteiger charge is 2.17. The number of likely N-dealkylation sites (tertiary alicyclic amines) is 1. The quantitative estimate of drug-likeness (QED) is 0.737. The van der Waals surface area contributed by atoms with Gasteiger partial charge in [-0.2, -0.15) is 0 Å². The number of nitrogens with zero attached hydrogens (tertiary/aromatic N) is 4. The highest BCUT2D eigenvalue weighted by molar-refractivity contribution is 4.74. The van der Waals surface area contributed by atoms with Crippen molar-refractivity contribution in [1.29, 1.82) is 0 Å². The highest BCUT2D eigenvalue weighted by atomic mass is 15.2. The van der Waals surface area contributed by atoms with Gasteiger partial charge in [0, 0.05) is 32.2 Å². The van der Waals surface area contributed by atoms with Gasteiger partial charge in [-0.1, -0.05) is 27.7 Å². The molecule has 0 spiro atoms. The van der Waals surface area contributed by atoms with Gasteiger partial charge < -0.3 is 19.6 Å². The fourth-order valence-electron chi connectivity index (χ4n) is 2.42. The van der Waals surface area contributed by atoms with E-state index in [-0.39, 0.29) is 0 Å². The molecule has 0 bridgehead atoms. The number of rotatable bonds is 1. The van der Waals surface area contributed by atoms with Crippen molar-refractivity contribution in [2.24, 2.45) is 0 Å². The maximum Gasteiger partial charge on any atom is 0.0113 e. The van der Waals surface area contributed by atoms with Crippen LogP contribution in [-0.4, -0.2) is 100 Å². The fraction of sp³-hybridized carbons (Fsp3) is 1.00. The lowest BCUT2D eigenvalue weighted by atomic mass is 10.1. The second-order valence-electron chi connectivity index (χ2n) is 6.10. The van der Waals surface area contributed by atoms with Gasteiger partial charge in [0.2, 0.25) is 0 Å². The summed E-state index contributed by atoms with van der Waals surface area (Å²) in [5.41, 5.74) is 0. The molecule has 2 saturated heterocycles. The van der Waals surface area contributed by atoms with Crippen LogP contribution in [-0.2, 0) is 0 Å². The van der Waals surface area contributed by atoms with Crippen LogP contribution in [0.4, 0.5) is 0 Å². The first kappa shape index (κ1) is 24.1. The Labute approximate surface area is 141 Å². The average Bonchev–Trinajstić information content (AvgIpc) is 2.55. The lowest BCUT2D eigenvalue weighted by molar-refractivity contribution is 0.166. The molecule has 2 rings (SSSR count). The van der Waals surface area contributed by atoms with Crippen molar-refractivity contribution >= 4 is 0 Å². The van der Waals surface area contributed by atoms with E-state index in [0.29, 0.717) is 0 Å². The van der Waals surface area contributed by atoms with Crippen LogP contribution in [0, 0.1) is 0 Å². The Bertz CT molecular complexity index is 195. The molecule has 0 unspecified atom stereocenters. The molecule has 0 N–H and O–H groups in total. The van der Waals surface area contributed by atoms with Crippen LogP contribution in [0.25, 0.3) is 0 Å². The normalized spacial score (nSPS) is 21.0. The largest absolute Gasteiger partial charge is 0.306 e. The van der Waals surface area contributed by atoms with Gasteiger partial charge in [-0.15, -0.1) is 0 Å². The molecular weight excluding hydrogens is 272 g/mol. The molecule has 2 aliphatic rings. The van der Waals surface area contributed by atoms with Crippen molar-refractivity contribution < 1.29 is 0 Å². The molecule has 2 heterocycles. The van der Waals surface area contributed by atoms with Crippen LogP contribution in [0.2, 0.25) is 0 Å². The van der Waals surface area contributed by atoms with Crippen LogP contribution in [0.5, 0.6) is 0 Å². The summed E-state index contributed by atoms with van der Waals surface area (Å²) in [6.45, 7) is 15.5. The maximum atomic E-state index is 2.40. The van der Waals surface area contributed by atoms with Crippen molar-refractivity contribution in [3.05, 3.63) is 0 Å². The summed E-state index contributed by atoms with van der Waals surface area (Å²) in [5, 5.41) is 0. The third-order valence-corrected chi connectivity index (χ3v) is 4.15. The molecule has 0 aliphatic carbocycles. The molecule has 0 amide bonds. The van der Waals surface area contributed by atoms with Crippen molar-refractivity contribution in [3.8, 4) is 0 Å². The third kappa shape index (κ3) is 12.4. The van der Waals surface area contributed by atoms with E-state index in [0.717, 1.165) is 6.04 Å². The summed E-state index contributed by atoms with van der Waals surface area (Å²) in [4.78, 5) is 9.47. The Hall–Kier alpha value is -0.160. The number of likely N-dealkylation sites (N-methyl/N-ethyl adjacent to an activating group) is 2. The Morgan fingerprint density at radius 1 is 0.591 bits per heavy atom. The lowest BCUT2D eigenvalue weighted by Gasteiger charge is -2.32. The maximum absolute atomic E-state index is 2.40. The van der Waals surface area contributed by atoms with E-state index in [1.165, 1.54) is 52.1 Å². The van der Waals surface area contributed by atoms with Crippen molar-refractivity contribution in [3.63, 3.8) is 0 Å². The van der Waals surface area contributed by atoms with E-state index >= 15 is 0 Å². The monoisotopic (exact) mass is 316 g/mol. The number of piperazine rings is 1. The van der Waals surface area contributed by atoms with Gasteiger partial charge in [-0.3, -0.25) is 0 Å². The van der Waals surface area contributed by atoms with Crippen molar-refractivity contribution in [1.82, 2.24) is 19.6 Å². The van der Waals surface area contributed by atoms with Gasteiger partial charge in [0.1, 0.15) is 0 Å². The van der Waals surface area contributed by atoms with Crippen LogP contribution in [0.3, 0.4) is 0 Å². The molecule has 0 atom stereocenters. The zero-order valence-corrected chi connectivity index (χ0v) is 17.0. The molecule has 22 heavy (non-hydrogen) atoms. The number of hydrogen-bond acceptors (Lipinski definition) is 4. The third-order valence-electron chi connectivity index (χ3n) is 4.15. The molecule has 136 valence electrons. The summed E-state index contributed by atoms with van der Waals surface area (Å²) in [6.07, 6.45) is 2.67. The second kappa shape index (κ2) is 15.7. The molecule has 4 nitrogen and oxygen atoms in total. The molecule has 0 aromatic rings. The summed E-state index contributed by atoms with van der Waals surface area (Å²) >= 11 is 0. The van der Waals surface area contributed by atoms with Gasteiger partial charge in [0.25, 0.3) is 0 Å². The Morgan fingerprint density at radius 3 is 1.14 bits per heavy atom. The molecule has 0 aromatic carbocycles. The standard InChI is InChI=1S/C8H18N2.C6H14N2.2C2H6/c1-9(2)8-4-6-10(3)7-5-8;1-7-3-5-8(2)6-4-7;2*1-2/h8H,4-7H2,1-3H3;3-6H2,1-2H3;2*1-2H3. The van der Waals surface area contributed by atoms with E-state index in [1.807, 2.05) is 27.7 Å². The van der Waals surface area contributed by atoms with Crippen LogP contribution < -0.4 is 0 Å². The van der Waals surface area contributed by atoms with E-state index < -0.39 is 0 Å². The van der Waals surface area contributed by atoms with Crippen molar-refractivity contribution in [2.45, 2.75) is 46.6 Å². The van der Waals surface area contributed by atoms with Crippen molar-refractivity contribution in [2.75, 3.05) is 74.5 Å². The summed E-state index contributed by atoms with van der Waals surface area (Å²) < 4.78 is 0. The van der Waals surface area contributed by atoms with Crippen LogP contribution in [0.15, 0.2) is 0 Å². The Kier molecular flexibility index (Phi) is 17.2. The van der Waals surface area contributed by atoms with Gasteiger partial charge in [-0.05, 0) is 61.2 Å². The van der Waals surface area contributed by atoms with Gasteiger partial charge in [0.15, 0.2) is 0 Å². The highest BCUT2D eigenvalue weighted by Crippen LogP contribution is 2.11. The average molecular weight is 317 g/mol. The molecule has 0 radical (unpaired) electrons. The minimum Gasteiger partial charge on any atom is -0.306 e. The van der Waals surface area contributed by atoms with Gasteiger partial charge in [-0.25, -0.2) is 0 Å². The predicted molar refractivity (Wildman–Crippen MR) is 102 cm³/mol. The first-order valence-electron chi connectivity index (χ1n) is 9.21. The van der Waals surface area contributed by atoms with Gasteiger partial charge in [0.05, 0.1) is 0 Å². The van der Waals surface area contributed by atoms with Gasteiger partial charge >= 0.3 is 0 Å². The SMILES string of the molecule is CC.CC.CN1CCC(N(C)C)CC1.CN1CCN(C)CC1. The number of hydrogen-bond donors (Lipinski definition) is 0. The van der Waals surface area contributed by atoms with Crippen LogP contribution >= 0.6 is 0 Å². The zero-order chi connectivity index (χ0) is 17.5. The molecular formula is C18H44N4. The smallest absolute Gasteiger partial charge is 0.0113 e. The first-order valence-corrected chi connectivity index (χ1v) is 9.21. The summed E-state index contributed by atoms with van der Waals surface area (Å²) in [6, 6.07) is 0.830. The fourth-order valence-corrected chi connectivity index (χ4v) is 2.42. The van der Waals surface area contributed by atoms with Crippen LogP contribution in [0.1, 0.15) is 40.5 Å². The lowest BCUT2D eigenvalue weighted by Crippen LogP contribution is -2.42. The topological polar surface area (TPSA) is 13.0 Å². The minimum absolute atomic E-state index is 0.830. The molecule has 0 aromatic heterocycles.